The van der Waals surface area contributed by atoms with Crippen molar-refractivity contribution in [2.24, 2.45) is 0 Å². The van der Waals surface area contributed by atoms with Crippen molar-refractivity contribution in [1.29, 1.82) is 0 Å². The SMILES string of the molecule is Nc1cnc(-c2ccc(-c3ccccc3S(=O)(=O)NCC(O)(S)CO)cc2F)cn1. The van der Waals surface area contributed by atoms with Gasteiger partial charge in [0, 0.05) is 11.1 Å². The molecule has 1 atom stereocenters. The number of sulfonamides is 1. The molecule has 0 aliphatic heterocycles. The third-order valence-electron chi connectivity index (χ3n) is 4.20. The monoisotopic (exact) mass is 450 g/mol. The van der Waals surface area contributed by atoms with Crippen molar-refractivity contribution in [3.8, 4) is 22.4 Å². The molecule has 3 rings (SSSR count). The number of benzene rings is 2. The summed E-state index contributed by atoms with van der Waals surface area (Å²) in [6.07, 6.45) is 2.65. The number of aliphatic hydroxyl groups is 2. The Kier molecular flexibility index (Phi) is 6.38. The Hall–Kier alpha value is -2.57. The van der Waals surface area contributed by atoms with Crippen molar-refractivity contribution in [2.45, 2.75) is 9.83 Å². The predicted molar refractivity (Wildman–Crippen MR) is 113 cm³/mol. The molecule has 0 fully saturated rings. The Morgan fingerprint density at radius 3 is 2.50 bits per heavy atom. The van der Waals surface area contributed by atoms with E-state index in [2.05, 4.69) is 27.3 Å². The number of halogens is 1. The molecule has 0 spiro atoms. The minimum absolute atomic E-state index is 0.119. The van der Waals surface area contributed by atoms with Gasteiger partial charge in [0.25, 0.3) is 0 Å². The number of aromatic nitrogens is 2. The van der Waals surface area contributed by atoms with Crippen molar-refractivity contribution < 1.29 is 23.0 Å². The van der Waals surface area contributed by atoms with Crippen molar-refractivity contribution in [3.05, 3.63) is 60.7 Å². The van der Waals surface area contributed by atoms with Crippen LogP contribution in [-0.2, 0) is 10.0 Å². The summed E-state index contributed by atoms with van der Waals surface area (Å²) in [6, 6.07) is 10.3. The van der Waals surface area contributed by atoms with Crippen LogP contribution >= 0.6 is 12.6 Å². The highest BCUT2D eigenvalue weighted by Gasteiger charge is 2.26. The van der Waals surface area contributed by atoms with Gasteiger partial charge in [0.05, 0.1) is 36.1 Å². The molecule has 0 radical (unpaired) electrons. The van der Waals surface area contributed by atoms with Crippen molar-refractivity contribution >= 4 is 28.5 Å². The fourth-order valence-electron chi connectivity index (χ4n) is 2.65. The summed E-state index contributed by atoms with van der Waals surface area (Å²) in [5, 5.41) is 18.8. The molecular formula is C19H19FN4O4S2. The van der Waals surface area contributed by atoms with Crippen LogP contribution in [0.3, 0.4) is 0 Å². The molecule has 11 heteroatoms. The highest BCUT2D eigenvalue weighted by molar-refractivity contribution is 7.89. The van der Waals surface area contributed by atoms with Gasteiger partial charge in [-0.1, -0.05) is 24.3 Å². The van der Waals surface area contributed by atoms with E-state index in [0.29, 0.717) is 5.56 Å². The summed E-state index contributed by atoms with van der Waals surface area (Å²) >= 11 is 3.78. The first-order valence-corrected chi connectivity index (χ1v) is 10.6. The lowest BCUT2D eigenvalue weighted by molar-refractivity contribution is 0.0709. The molecule has 1 unspecified atom stereocenters. The zero-order valence-electron chi connectivity index (χ0n) is 15.5. The summed E-state index contributed by atoms with van der Waals surface area (Å²) in [5.74, 6) is -0.409. The van der Waals surface area contributed by atoms with E-state index in [4.69, 9.17) is 10.8 Å². The average molecular weight is 451 g/mol. The second-order valence-corrected chi connectivity index (χ2v) is 9.05. The minimum atomic E-state index is -4.09. The average Bonchev–Trinajstić information content (AvgIpc) is 2.73. The zero-order chi connectivity index (χ0) is 21.9. The van der Waals surface area contributed by atoms with Gasteiger partial charge < -0.3 is 15.9 Å². The molecule has 1 heterocycles. The molecule has 0 bridgehead atoms. The number of anilines is 1. The molecular weight excluding hydrogens is 431 g/mol. The van der Waals surface area contributed by atoms with Gasteiger partial charge >= 0.3 is 0 Å². The van der Waals surface area contributed by atoms with Crippen LogP contribution in [0.4, 0.5) is 10.2 Å². The summed E-state index contributed by atoms with van der Waals surface area (Å²) < 4.78 is 42.4. The Bertz CT molecular complexity index is 1160. The van der Waals surface area contributed by atoms with E-state index in [9.17, 15) is 17.9 Å². The number of aliphatic hydroxyl groups excluding tert-OH is 1. The molecule has 0 saturated carbocycles. The van der Waals surface area contributed by atoms with Gasteiger partial charge in [-0.3, -0.25) is 4.98 Å². The maximum Gasteiger partial charge on any atom is 0.241 e. The minimum Gasteiger partial charge on any atom is -0.392 e. The number of rotatable bonds is 7. The predicted octanol–water partition coefficient (Wildman–Crippen LogP) is 1.42. The van der Waals surface area contributed by atoms with E-state index in [1.165, 1.54) is 42.7 Å². The molecule has 0 aliphatic carbocycles. The standard InChI is InChI=1S/C19H19FN4O4S2/c20-15-7-12(5-6-14(15)16-8-23-18(21)9-22-16)13-3-1-2-4-17(13)30(27,28)24-10-19(26,29)11-25/h1-9,24-26,29H,10-11H2,(H2,21,23). The number of hydrogen-bond donors (Lipinski definition) is 5. The van der Waals surface area contributed by atoms with E-state index in [1.54, 1.807) is 12.1 Å². The highest BCUT2D eigenvalue weighted by atomic mass is 32.2. The number of nitrogens with zero attached hydrogens (tertiary/aromatic N) is 2. The maximum absolute atomic E-state index is 14.8. The number of nitrogens with one attached hydrogen (secondary N) is 1. The van der Waals surface area contributed by atoms with E-state index >= 15 is 0 Å². The van der Waals surface area contributed by atoms with Gasteiger partial charge in [-0.05, 0) is 23.8 Å². The van der Waals surface area contributed by atoms with E-state index < -0.39 is 33.9 Å². The molecule has 0 saturated heterocycles. The van der Waals surface area contributed by atoms with E-state index in [-0.39, 0.29) is 27.5 Å². The Labute approximate surface area is 178 Å². The molecule has 1 aromatic heterocycles. The lowest BCUT2D eigenvalue weighted by Gasteiger charge is -2.20. The second kappa shape index (κ2) is 8.66. The van der Waals surface area contributed by atoms with Crippen LogP contribution in [0, 0.1) is 5.82 Å². The van der Waals surface area contributed by atoms with Crippen LogP contribution in [-0.4, -0.2) is 46.7 Å². The van der Waals surface area contributed by atoms with Crippen LogP contribution in [0.5, 0.6) is 0 Å². The number of thiol groups is 1. The molecule has 0 amide bonds. The van der Waals surface area contributed by atoms with Crippen LogP contribution in [0.25, 0.3) is 22.4 Å². The van der Waals surface area contributed by atoms with Crippen LogP contribution in [0.15, 0.2) is 59.8 Å². The topological polar surface area (TPSA) is 138 Å². The van der Waals surface area contributed by atoms with Gasteiger partial charge in [-0.2, -0.15) is 0 Å². The van der Waals surface area contributed by atoms with Crippen molar-refractivity contribution in [3.63, 3.8) is 0 Å². The van der Waals surface area contributed by atoms with Gasteiger partial charge in [-0.25, -0.2) is 22.5 Å². The molecule has 30 heavy (non-hydrogen) atoms. The van der Waals surface area contributed by atoms with Crippen molar-refractivity contribution in [1.82, 2.24) is 14.7 Å². The third kappa shape index (κ3) is 4.94. The van der Waals surface area contributed by atoms with Gasteiger partial charge in [0.15, 0.2) is 0 Å². The zero-order valence-corrected chi connectivity index (χ0v) is 17.2. The maximum atomic E-state index is 14.8. The number of nitrogen functional groups attached to an aromatic ring is 1. The summed E-state index contributed by atoms with van der Waals surface area (Å²) in [6.45, 7) is -1.27. The molecule has 2 aromatic carbocycles. The summed E-state index contributed by atoms with van der Waals surface area (Å²) in [5.41, 5.74) is 6.55. The number of nitrogens with two attached hydrogens (primary N) is 1. The molecule has 3 aromatic rings. The summed E-state index contributed by atoms with van der Waals surface area (Å²) in [7, 11) is -4.09. The first-order valence-electron chi connectivity index (χ1n) is 8.65. The lowest BCUT2D eigenvalue weighted by Crippen LogP contribution is -2.41. The first kappa shape index (κ1) is 22.1. The Morgan fingerprint density at radius 2 is 1.87 bits per heavy atom. The van der Waals surface area contributed by atoms with Gasteiger partial charge in [-0.15, -0.1) is 12.6 Å². The Morgan fingerprint density at radius 1 is 1.13 bits per heavy atom. The molecule has 0 aliphatic rings. The fourth-order valence-corrected chi connectivity index (χ4v) is 4.15. The number of hydrogen-bond acceptors (Lipinski definition) is 8. The molecule has 8 nitrogen and oxygen atoms in total. The lowest BCUT2D eigenvalue weighted by atomic mass is 10.0. The Balaban J connectivity index is 1.97. The van der Waals surface area contributed by atoms with Gasteiger partial charge in [0.2, 0.25) is 10.0 Å². The second-order valence-electron chi connectivity index (χ2n) is 6.48. The normalized spacial score (nSPS) is 13.7. The summed E-state index contributed by atoms with van der Waals surface area (Å²) in [4.78, 5) is 5.89. The van der Waals surface area contributed by atoms with Crippen molar-refractivity contribution in [2.75, 3.05) is 18.9 Å². The quantitative estimate of drug-likeness (QED) is 0.271. The van der Waals surface area contributed by atoms with Crippen LogP contribution in [0.2, 0.25) is 0 Å². The smallest absolute Gasteiger partial charge is 0.241 e. The van der Waals surface area contributed by atoms with Crippen LogP contribution in [0.1, 0.15) is 0 Å². The van der Waals surface area contributed by atoms with E-state index in [0.717, 1.165) is 0 Å². The van der Waals surface area contributed by atoms with Crippen LogP contribution < -0.4 is 10.5 Å². The third-order valence-corrected chi connectivity index (χ3v) is 5.96. The molecule has 158 valence electrons. The molecule has 5 N–H and O–H groups in total. The fraction of sp³-hybridized carbons (Fsp3) is 0.158. The largest absolute Gasteiger partial charge is 0.392 e. The van der Waals surface area contributed by atoms with Gasteiger partial charge in [0.1, 0.15) is 16.6 Å². The van der Waals surface area contributed by atoms with E-state index in [1.807, 2.05) is 0 Å². The highest BCUT2D eigenvalue weighted by Crippen LogP contribution is 2.31. The first-order chi connectivity index (χ1) is 14.1.